The Morgan fingerprint density at radius 3 is 2.89 bits per heavy atom. The lowest BCUT2D eigenvalue weighted by Gasteiger charge is -1.99. The van der Waals surface area contributed by atoms with Crippen molar-refractivity contribution in [1.29, 1.82) is 0 Å². The van der Waals surface area contributed by atoms with Crippen LogP contribution in [0.2, 0.25) is 5.02 Å². The molecule has 0 fully saturated rings. The van der Waals surface area contributed by atoms with Gasteiger partial charge in [-0.25, -0.2) is 5.43 Å². The molecule has 3 rings (SSSR count). The summed E-state index contributed by atoms with van der Waals surface area (Å²) in [6.07, 6.45) is 1.30. The van der Waals surface area contributed by atoms with Gasteiger partial charge in [0.05, 0.1) is 16.2 Å². The third kappa shape index (κ3) is 4.70. The van der Waals surface area contributed by atoms with Crippen molar-refractivity contribution in [3.8, 4) is 11.4 Å². The smallest absolute Gasteiger partial charge is 0.270 e. The summed E-state index contributed by atoms with van der Waals surface area (Å²) in [7, 11) is 0. The number of hydrogen-bond acceptors (Lipinski definition) is 7. The zero-order valence-corrected chi connectivity index (χ0v) is 14.4. The number of benzene rings is 2. The molecule has 1 heterocycles. The highest BCUT2D eigenvalue weighted by atomic mass is 35.5. The fourth-order valence-electron chi connectivity index (χ4n) is 2.12. The van der Waals surface area contributed by atoms with Gasteiger partial charge in [-0.15, -0.1) is 10.2 Å². The Kier molecular flexibility index (Phi) is 5.47. The van der Waals surface area contributed by atoms with Crippen LogP contribution >= 0.6 is 11.6 Å². The average molecular weight is 386 g/mol. The Labute approximate surface area is 157 Å². The number of carbonyl (C=O) groups is 1. The molecule has 0 spiro atoms. The number of carbonyl (C=O) groups excluding carboxylic acids is 1. The summed E-state index contributed by atoms with van der Waals surface area (Å²) >= 11 is 6.07. The Hall–Kier alpha value is -3.66. The zero-order chi connectivity index (χ0) is 19.2. The van der Waals surface area contributed by atoms with E-state index >= 15 is 0 Å². The summed E-state index contributed by atoms with van der Waals surface area (Å²) in [6, 6.07) is 12.9. The van der Waals surface area contributed by atoms with E-state index in [1.807, 2.05) is 0 Å². The molecule has 0 unspecified atom stereocenters. The van der Waals surface area contributed by atoms with Gasteiger partial charge in [0.25, 0.3) is 11.6 Å². The number of halogens is 1. The first-order chi connectivity index (χ1) is 13.0. The molecule has 27 heavy (non-hydrogen) atoms. The number of amides is 1. The maximum absolute atomic E-state index is 11.9. The molecule has 0 radical (unpaired) electrons. The van der Waals surface area contributed by atoms with E-state index in [4.69, 9.17) is 11.6 Å². The molecular weight excluding hydrogens is 374 g/mol. The molecule has 1 aromatic heterocycles. The summed E-state index contributed by atoms with van der Waals surface area (Å²) in [5, 5.41) is 26.7. The first-order valence-corrected chi connectivity index (χ1v) is 8.00. The van der Waals surface area contributed by atoms with Crippen molar-refractivity contribution in [2.45, 2.75) is 6.54 Å². The molecular formula is C16H12ClN7O3. The Morgan fingerprint density at radius 1 is 1.30 bits per heavy atom. The molecule has 0 saturated heterocycles. The standard InChI is InChI=1S/C16H12ClN7O3/c17-14-7-2-1-6-13(14)16-20-22-23(21-16)10-15(25)19-18-9-11-4-3-5-12(8-11)24(26)27/h1-9H,10H2,(H,19,25)/b18-9-. The fourth-order valence-corrected chi connectivity index (χ4v) is 2.34. The normalized spacial score (nSPS) is 10.9. The molecule has 11 heteroatoms. The number of hydrazone groups is 1. The highest BCUT2D eigenvalue weighted by molar-refractivity contribution is 6.33. The molecule has 2 aromatic carbocycles. The molecule has 1 amide bonds. The first-order valence-electron chi connectivity index (χ1n) is 7.62. The maximum atomic E-state index is 11.9. The van der Waals surface area contributed by atoms with Gasteiger partial charge in [-0.1, -0.05) is 35.9 Å². The zero-order valence-electron chi connectivity index (χ0n) is 13.7. The molecule has 0 aliphatic heterocycles. The molecule has 0 saturated carbocycles. The SMILES string of the molecule is O=C(Cn1nnc(-c2ccccc2Cl)n1)N/N=C\c1cccc([N+](=O)[O-])c1. The lowest BCUT2D eigenvalue weighted by Crippen LogP contribution is -2.24. The summed E-state index contributed by atoms with van der Waals surface area (Å²) in [5.74, 6) is -0.187. The maximum Gasteiger partial charge on any atom is 0.270 e. The number of rotatable bonds is 6. The molecule has 0 aliphatic rings. The Balaban J connectivity index is 1.59. The predicted molar refractivity (Wildman–Crippen MR) is 97.1 cm³/mol. The van der Waals surface area contributed by atoms with Gasteiger partial charge in [0.15, 0.2) is 0 Å². The molecule has 0 atom stereocenters. The second kappa shape index (κ2) is 8.15. The summed E-state index contributed by atoms with van der Waals surface area (Å²) in [5.41, 5.74) is 3.31. The van der Waals surface area contributed by atoms with Crippen molar-refractivity contribution in [3.05, 3.63) is 69.2 Å². The highest BCUT2D eigenvalue weighted by Crippen LogP contribution is 2.23. The topological polar surface area (TPSA) is 128 Å². The van der Waals surface area contributed by atoms with Crippen LogP contribution in [0.3, 0.4) is 0 Å². The third-order valence-corrected chi connectivity index (χ3v) is 3.67. The predicted octanol–water partition coefficient (Wildman–Crippen LogP) is 2.05. The number of tetrazole rings is 1. The second-order valence-corrected chi connectivity index (χ2v) is 5.68. The van der Waals surface area contributed by atoms with Gasteiger partial charge in [-0.3, -0.25) is 14.9 Å². The van der Waals surface area contributed by atoms with Crippen LogP contribution in [0.5, 0.6) is 0 Å². The van der Waals surface area contributed by atoms with Gasteiger partial charge >= 0.3 is 0 Å². The minimum absolute atomic E-state index is 0.0656. The van der Waals surface area contributed by atoms with Crippen molar-refractivity contribution in [3.63, 3.8) is 0 Å². The van der Waals surface area contributed by atoms with E-state index in [-0.39, 0.29) is 12.2 Å². The van der Waals surface area contributed by atoms with Gasteiger partial charge < -0.3 is 0 Å². The van der Waals surface area contributed by atoms with Crippen molar-refractivity contribution in [2.24, 2.45) is 5.10 Å². The van der Waals surface area contributed by atoms with Gasteiger partial charge in [0.2, 0.25) is 5.82 Å². The molecule has 3 aromatic rings. The lowest BCUT2D eigenvalue weighted by atomic mass is 10.2. The average Bonchev–Trinajstić information content (AvgIpc) is 3.10. The summed E-state index contributed by atoms with van der Waals surface area (Å²) in [6.45, 7) is -0.205. The van der Waals surface area contributed by atoms with Gasteiger partial charge in [0, 0.05) is 23.3 Å². The number of nitrogens with one attached hydrogen (secondary N) is 1. The number of non-ortho nitro benzene ring substituents is 1. The van der Waals surface area contributed by atoms with Crippen molar-refractivity contribution in [2.75, 3.05) is 0 Å². The van der Waals surface area contributed by atoms with E-state index in [0.717, 1.165) is 4.80 Å². The third-order valence-electron chi connectivity index (χ3n) is 3.34. The molecule has 10 nitrogen and oxygen atoms in total. The molecule has 1 N–H and O–H groups in total. The second-order valence-electron chi connectivity index (χ2n) is 5.27. The number of nitro groups is 1. The van der Waals surface area contributed by atoms with Gasteiger partial charge in [0.1, 0.15) is 6.54 Å². The highest BCUT2D eigenvalue weighted by Gasteiger charge is 2.11. The van der Waals surface area contributed by atoms with Crippen LogP contribution in [0.25, 0.3) is 11.4 Å². The quantitative estimate of drug-likeness (QED) is 0.393. The van der Waals surface area contributed by atoms with Crippen LogP contribution in [0.1, 0.15) is 5.56 Å². The van der Waals surface area contributed by atoms with Crippen molar-refractivity contribution >= 4 is 29.4 Å². The molecule has 0 bridgehead atoms. The van der Waals surface area contributed by atoms with Gasteiger partial charge in [-0.2, -0.15) is 9.90 Å². The Morgan fingerprint density at radius 2 is 2.11 bits per heavy atom. The van der Waals surface area contributed by atoms with Crippen LogP contribution in [0.15, 0.2) is 53.6 Å². The Bertz CT molecular complexity index is 1020. The van der Waals surface area contributed by atoms with E-state index in [9.17, 15) is 14.9 Å². The van der Waals surface area contributed by atoms with Crippen LogP contribution in [-0.2, 0) is 11.3 Å². The number of nitro benzene ring substituents is 1. The van der Waals surface area contributed by atoms with Crippen molar-refractivity contribution in [1.82, 2.24) is 25.6 Å². The van der Waals surface area contributed by atoms with Crippen molar-refractivity contribution < 1.29 is 9.72 Å². The molecule has 0 aliphatic carbocycles. The van der Waals surface area contributed by atoms with Crippen LogP contribution in [0, 0.1) is 10.1 Å². The summed E-state index contributed by atoms with van der Waals surface area (Å²) in [4.78, 5) is 23.2. The first kappa shape index (κ1) is 18.1. The number of hydrogen-bond donors (Lipinski definition) is 1. The largest absolute Gasteiger partial charge is 0.271 e. The monoisotopic (exact) mass is 385 g/mol. The van der Waals surface area contributed by atoms with E-state index in [0.29, 0.717) is 22.0 Å². The van der Waals surface area contributed by atoms with E-state index in [1.165, 1.54) is 24.4 Å². The number of aromatic nitrogens is 4. The van der Waals surface area contributed by atoms with Crippen LogP contribution in [0.4, 0.5) is 5.69 Å². The molecule has 136 valence electrons. The number of nitrogens with zero attached hydrogens (tertiary/aromatic N) is 6. The van der Waals surface area contributed by atoms with Gasteiger partial charge in [-0.05, 0) is 17.3 Å². The van der Waals surface area contributed by atoms with E-state index in [2.05, 4.69) is 25.9 Å². The minimum atomic E-state index is -0.511. The van der Waals surface area contributed by atoms with E-state index in [1.54, 1.807) is 30.3 Å². The van der Waals surface area contributed by atoms with E-state index < -0.39 is 10.8 Å². The summed E-state index contributed by atoms with van der Waals surface area (Å²) < 4.78 is 0. The fraction of sp³-hybridized carbons (Fsp3) is 0.0625. The van der Waals surface area contributed by atoms with Crippen LogP contribution < -0.4 is 5.43 Å². The lowest BCUT2D eigenvalue weighted by molar-refractivity contribution is -0.384. The van der Waals surface area contributed by atoms with Crippen LogP contribution in [-0.4, -0.2) is 37.3 Å². The minimum Gasteiger partial charge on any atom is -0.271 e.